The minimum atomic E-state index is -0.470. The predicted octanol–water partition coefficient (Wildman–Crippen LogP) is 0.997. The quantitative estimate of drug-likeness (QED) is 0.840. The number of amides is 2. The standard InChI is InChI=1S/C15H14N2O2/c18-14-9-16-15(19)13(17-14)8-10-5-6-11-3-1-2-4-12(11)7-10/h1-7,13H,8-9H2,(H,16,19)(H,17,18)/t13-/m0/s1. The maximum Gasteiger partial charge on any atom is 0.243 e. The smallest absolute Gasteiger partial charge is 0.243 e. The Labute approximate surface area is 110 Å². The lowest BCUT2D eigenvalue weighted by Gasteiger charge is -2.23. The van der Waals surface area contributed by atoms with Gasteiger partial charge in [0, 0.05) is 6.42 Å². The Hall–Kier alpha value is -2.36. The number of nitrogens with one attached hydrogen (secondary N) is 2. The molecule has 0 unspecified atom stereocenters. The fraction of sp³-hybridized carbons (Fsp3) is 0.200. The summed E-state index contributed by atoms with van der Waals surface area (Å²) in [5.41, 5.74) is 1.04. The van der Waals surface area contributed by atoms with E-state index < -0.39 is 6.04 Å². The van der Waals surface area contributed by atoms with Crippen LogP contribution in [-0.4, -0.2) is 24.4 Å². The van der Waals surface area contributed by atoms with Gasteiger partial charge >= 0.3 is 0 Å². The molecule has 4 nitrogen and oxygen atoms in total. The van der Waals surface area contributed by atoms with Crippen molar-refractivity contribution in [3.8, 4) is 0 Å². The Balaban J connectivity index is 1.84. The largest absolute Gasteiger partial charge is 0.345 e. The highest BCUT2D eigenvalue weighted by Gasteiger charge is 2.25. The maximum absolute atomic E-state index is 11.7. The zero-order valence-corrected chi connectivity index (χ0v) is 10.3. The zero-order chi connectivity index (χ0) is 13.2. The van der Waals surface area contributed by atoms with E-state index in [1.165, 1.54) is 5.39 Å². The number of rotatable bonds is 2. The second-order valence-electron chi connectivity index (χ2n) is 4.72. The van der Waals surface area contributed by atoms with Crippen LogP contribution < -0.4 is 10.6 Å². The number of carbonyl (C=O) groups excluding carboxylic acids is 2. The van der Waals surface area contributed by atoms with Crippen LogP contribution in [0.5, 0.6) is 0 Å². The van der Waals surface area contributed by atoms with Gasteiger partial charge in [-0.15, -0.1) is 0 Å². The third kappa shape index (κ3) is 2.42. The van der Waals surface area contributed by atoms with Gasteiger partial charge in [-0.25, -0.2) is 0 Å². The molecule has 3 rings (SSSR count). The molecule has 0 saturated carbocycles. The first-order chi connectivity index (χ1) is 9.22. The lowest BCUT2D eigenvalue weighted by atomic mass is 10.0. The van der Waals surface area contributed by atoms with E-state index in [1.807, 2.05) is 36.4 Å². The van der Waals surface area contributed by atoms with Crippen LogP contribution in [0.3, 0.4) is 0 Å². The van der Waals surface area contributed by atoms with Gasteiger partial charge in [-0.1, -0.05) is 42.5 Å². The van der Waals surface area contributed by atoms with Crippen molar-refractivity contribution in [3.05, 3.63) is 48.0 Å². The summed E-state index contributed by atoms with van der Waals surface area (Å²) in [6.07, 6.45) is 0.516. The highest BCUT2D eigenvalue weighted by molar-refractivity contribution is 5.95. The number of benzene rings is 2. The van der Waals surface area contributed by atoms with Gasteiger partial charge in [0.2, 0.25) is 11.8 Å². The molecule has 2 aromatic rings. The average Bonchev–Trinajstić information content (AvgIpc) is 2.43. The molecule has 19 heavy (non-hydrogen) atoms. The number of piperazine rings is 1. The highest BCUT2D eigenvalue weighted by Crippen LogP contribution is 2.17. The topological polar surface area (TPSA) is 58.2 Å². The minimum Gasteiger partial charge on any atom is -0.345 e. The molecule has 2 amide bonds. The molecule has 0 radical (unpaired) electrons. The van der Waals surface area contributed by atoms with Crippen LogP contribution >= 0.6 is 0 Å². The Morgan fingerprint density at radius 3 is 2.68 bits per heavy atom. The van der Waals surface area contributed by atoms with Crippen molar-refractivity contribution in [1.82, 2.24) is 10.6 Å². The summed E-state index contributed by atoms with van der Waals surface area (Å²) >= 11 is 0. The van der Waals surface area contributed by atoms with Crippen LogP contribution in [0.2, 0.25) is 0 Å². The van der Waals surface area contributed by atoms with E-state index >= 15 is 0 Å². The summed E-state index contributed by atoms with van der Waals surface area (Å²) in [5.74, 6) is -0.252. The molecular weight excluding hydrogens is 240 g/mol. The Kier molecular flexibility index (Phi) is 2.91. The van der Waals surface area contributed by atoms with Crippen LogP contribution in [0.15, 0.2) is 42.5 Å². The van der Waals surface area contributed by atoms with Crippen LogP contribution in [0.1, 0.15) is 5.56 Å². The van der Waals surface area contributed by atoms with Crippen LogP contribution in [0.4, 0.5) is 0 Å². The molecule has 2 aromatic carbocycles. The third-order valence-corrected chi connectivity index (χ3v) is 3.33. The van der Waals surface area contributed by atoms with E-state index in [0.29, 0.717) is 6.42 Å². The summed E-state index contributed by atoms with van der Waals surface area (Å²) < 4.78 is 0. The Morgan fingerprint density at radius 2 is 1.84 bits per heavy atom. The molecule has 1 aliphatic heterocycles. The monoisotopic (exact) mass is 254 g/mol. The maximum atomic E-state index is 11.7. The van der Waals surface area contributed by atoms with Crippen LogP contribution in [-0.2, 0) is 16.0 Å². The SMILES string of the molecule is O=C1CNC(=O)[C@H](Cc2ccc3ccccc3c2)N1. The van der Waals surface area contributed by atoms with Crippen LogP contribution in [0.25, 0.3) is 10.8 Å². The minimum absolute atomic E-state index is 0.0764. The van der Waals surface area contributed by atoms with Gasteiger partial charge in [-0.2, -0.15) is 0 Å². The first-order valence-corrected chi connectivity index (χ1v) is 6.27. The van der Waals surface area contributed by atoms with E-state index in [9.17, 15) is 9.59 Å². The normalized spacial score (nSPS) is 19.1. The molecule has 0 bridgehead atoms. The lowest BCUT2D eigenvalue weighted by Crippen LogP contribution is -2.56. The molecule has 1 heterocycles. The summed E-state index contributed by atoms with van der Waals surface area (Å²) in [6.45, 7) is 0.0764. The summed E-state index contributed by atoms with van der Waals surface area (Å²) in [6, 6.07) is 13.7. The van der Waals surface area contributed by atoms with Crippen molar-refractivity contribution in [2.45, 2.75) is 12.5 Å². The van der Waals surface area contributed by atoms with Gasteiger partial charge in [-0.05, 0) is 16.3 Å². The van der Waals surface area contributed by atoms with Gasteiger partial charge in [0.1, 0.15) is 6.04 Å². The molecule has 1 saturated heterocycles. The fourth-order valence-corrected chi connectivity index (χ4v) is 2.35. The van der Waals surface area contributed by atoms with Gasteiger partial charge in [0.15, 0.2) is 0 Å². The Bertz CT molecular complexity index is 651. The van der Waals surface area contributed by atoms with Gasteiger partial charge in [0.05, 0.1) is 6.54 Å². The molecule has 96 valence electrons. The van der Waals surface area contributed by atoms with Crippen molar-refractivity contribution in [3.63, 3.8) is 0 Å². The van der Waals surface area contributed by atoms with Crippen molar-refractivity contribution in [1.29, 1.82) is 0 Å². The predicted molar refractivity (Wildman–Crippen MR) is 72.6 cm³/mol. The van der Waals surface area contributed by atoms with Crippen LogP contribution in [0, 0.1) is 0 Å². The second-order valence-corrected chi connectivity index (χ2v) is 4.72. The summed E-state index contributed by atoms with van der Waals surface area (Å²) in [4.78, 5) is 23.0. The Morgan fingerprint density at radius 1 is 1.05 bits per heavy atom. The number of carbonyl (C=O) groups is 2. The van der Waals surface area contributed by atoms with Crippen molar-refractivity contribution < 1.29 is 9.59 Å². The van der Waals surface area contributed by atoms with Crippen molar-refractivity contribution in [2.24, 2.45) is 0 Å². The molecule has 4 heteroatoms. The van der Waals surface area contributed by atoms with Gasteiger partial charge < -0.3 is 10.6 Å². The molecular formula is C15H14N2O2. The molecule has 0 aliphatic carbocycles. The molecule has 1 atom stereocenters. The number of fused-ring (bicyclic) bond motifs is 1. The van der Waals surface area contributed by atoms with Crippen molar-refractivity contribution in [2.75, 3.05) is 6.54 Å². The van der Waals surface area contributed by atoms with Crippen molar-refractivity contribution >= 4 is 22.6 Å². The molecule has 1 aliphatic rings. The average molecular weight is 254 g/mol. The first kappa shape index (κ1) is 11.7. The lowest BCUT2D eigenvalue weighted by molar-refractivity contribution is -0.133. The fourth-order valence-electron chi connectivity index (χ4n) is 2.35. The molecule has 2 N–H and O–H groups in total. The number of hydrogen-bond donors (Lipinski definition) is 2. The second kappa shape index (κ2) is 4.72. The van der Waals surface area contributed by atoms with Gasteiger partial charge in [-0.3, -0.25) is 9.59 Å². The van der Waals surface area contributed by atoms with E-state index in [2.05, 4.69) is 16.7 Å². The highest BCUT2D eigenvalue weighted by atomic mass is 16.2. The zero-order valence-electron chi connectivity index (χ0n) is 10.3. The van der Waals surface area contributed by atoms with E-state index in [0.717, 1.165) is 10.9 Å². The molecule has 0 spiro atoms. The van der Waals surface area contributed by atoms with E-state index in [1.54, 1.807) is 0 Å². The molecule has 0 aromatic heterocycles. The first-order valence-electron chi connectivity index (χ1n) is 6.27. The summed E-state index contributed by atoms with van der Waals surface area (Å²) in [5, 5.41) is 7.61. The van der Waals surface area contributed by atoms with E-state index in [4.69, 9.17) is 0 Å². The summed E-state index contributed by atoms with van der Waals surface area (Å²) in [7, 11) is 0. The van der Waals surface area contributed by atoms with Gasteiger partial charge in [0.25, 0.3) is 0 Å². The third-order valence-electron chi connectivity index (χ3n) is 3.33. The molecule has 1 fully saturated rings. The number of hydrogen-bond acceptors (Lipinski definition) is 2. The van der Waals surface area contributed by atoms with E-state index in [-0.39, 0.29) is 18.4 Å².